The van der Waals surface area contributed by atoms with Crippen molar-refractivity contribution in [3.05, 3.63) is 62.2 Å². The number of urea groups is 1. The van der Waals surface area contributed by atoms with E-state index in [0.717, 1.165) is 0 Å². The lowest BCUT2D eigenvalue weighted by molar-refractivity contribution is -0.136. The fraction of sp³-hybridized carbons (Fsp3) is 0.292. The number of aromatic hydroxyl groups is 1. The number of rotatable bonds is 10. The summed E-state index contributed by atoms with van der Waals surface area (Å²) < 4.78 is 16.7. The van der Waals surface area contributed by atoms with Crippen molar-refractivity contribution in [1.82, 2.24) is 16.1 Å². The normalized spacial score (nSPS) is 16.2. The number of hydrogen-bond acceptors (Lipinski definition) is 9. The Bertz CT molecular complexity index is 1240. The molecule has 2 amide bonds. The Morgan fingerprint density at radius 2 is 2.05 bits per heavy atom. The van der Waals surface area contributed by atoms with Crippen molar-refractivity contribution in [2.24, 2.45) is 5.10 Å². The number of ether oxygens (including phenoxy) is 3. The van der Waals surface area contributed by atoms with E-state index in [2.05, 4.69) is 37.1 Å². The largest absolute Gasteiger partial charge is 0.506 e. The van der Waals surface area contributed by atoms with Gasteiger partial charge in [0.1, 0.15) is 12.4 Å². The first kappa shape index (κ1) is 28.1. The summed E-state index contributed by atoms with van der Waals surface area (Å²) in [5, 5.41) is 29.9. The maximum atomic E-state index is 12.4. The quantitative estimate of drug-likeness (QED) is 0.121. The van der Waals surface area contributed by atoms with E-state index >= 15 is 0 Å². The van der Waals surface area contributed by atoms with Crippen LogP contribution in [0.15, 0.2) is 51.2 Å². The number of hydrazone groups is 1. The topological polar surface area (TPSA) is 151 Å². The van der Waals surface area contributed by atoms with E-state index in [4.69, 9.17) is 25.8 Å². The number of aliphatic hydroxyl groups is 1. The van der Waals surface area contributed by atoms with Crippen LogP contribution < -0.4 is 25.5 Å². The van der Waals surface area contributed by atoms with Gasteiger partial charge >= 0.3 is 12.0 Å². The molecule has 2 aromatic carbocycles. The number of carbonyl (C=O) groups excluding carboxylic acids is 2. The third kappa shape index (κ3) is 7.06. The predicted molar refractivity (Wildman–Crippen MR) is 140 cm³/mol. The van der Waals surface area contributed by atoms with Crippen LogP contribution in [-0.4, -0.2) is 55.0 Å². The second-order valence-corrected chi connectivity index (χ2v) is 9.03. The van der Waals surface area contributed by atoms with Crippen LogP contribution in [0.2, 0.25) is 5.02 Å². The number of halogens is 2. The highest BCUT2D eigenvalue weighted by Gasteiger charge is 2.32. The molecule has 0 spiro atoms. The van der Waals surface area contributed by atoms with E-state index in [1.54, 1.807) is 38.1 Å². The van der Waals surface area contributed by atoms with Gasteiger partial charge in [-0.3, -0.25) is 5.43 Å². The molecule has 37 heavy (non-hydrogen) atoms. The van der Waals surface area contributed by atoms with Crippen LogP contribution in [-0.2, 0) is 9.53 Å². The molecule has 0 radical (unpaired) electrons. The highest BCUT2D eigenvalue weighted by Crippen LogP contribution is 2.35. The lowest BCUT2D eigenvalue weighted by Crippen LogP contribution is -2.45. The summed E-state index contributed by atoms with van der Waals surface area (Å²) in [6, 6.07) is 6.75. The molecule has 0 bridgehead atoms. The molecule has 2 aromatic rings. The lowest BCUT2D eigenvalue weighted by atomic mass is 9.95. The first-order valence-electron chi connectivity index (χ1n) is 11.0. The Hall–Kier alpha value is -3.48. The van der Waals surface area contributed by atoms with Crippen molar-refractivity contribution in [3.63, 3.8) is 0 Å². The number of phenolic OH excluding ortho intramolecular Hbond substituents is 1. The summed E-state index contributed by atoms with van der Waals surface area (Å²) >= 11 is 9.17. The summed E-state index contributed by atoms with van der Waals surface area (Å²) in [4.78, 5) is 24.4. The number of benzene rings is 2. The van der Waals surface area contributed by atoms with Crippen molar-refractivity contribution >= 4 is 45.7 Å². The highest BCUT2D eigenvalue weighted by molar-refractivity contribution is 9.10. The van der Waals surface area contributed by atoms with Crippen molar-refractivity contribution < 1.29 is 34.0 Å². The van der Waals surface area contributed by atoms with Crippen molar-refractivity contribution in [2.75, 3.05) is 20.3 Å². The van der Waals surface area contributed by atoms with Crippen molar-refractivity contribution in [3.8, 4) is 17.2 Å². The maximum Gasteiger partial charge on any atom is 0.337 e. The van der Waals surface area contributed by atoms with E-state index in [-0.39, 0.29) is 17.9 Å². The molecule has 5 N–H and O–H groups in total. The first-order valence-corrected chi connectivity index (χ1v) is 12.2. The van der Waals surface area contributed by atoms with Gasteiger partial charge in [-0.2, -0.15) is 5.10 Å². The van der Waals surface area contributed by atoms with Crippen molar-refractivity contribution in [1.29, 1.82) is 0 Å². The molecule has 13 heteroatoms. The summed E-state index contributed by atoms with van der Waals surface area (Å²) in [5.74, 6) is 0.0421. The zero-order valence-electron chi connectivity index (χ0n) is 20.2. The Morgan fingerprint density at radius 3 is 2.76 bits per heavy atom. The molecule has 0 aromatic heterocycles. The zero-order valence-corrected chi connectivity index (χ0v) is 22.5. The number of methoxy groups -OCH3 is 1. The number of allylic oxidation sites excluding steroid dienone is 1. The minimum absolute atomic E-state index is 0.0486. The zero-order chi connectivity index (χ0) is 27.1. The van der Waals surface area contributed by atoms with Gasteiger partial charge in [0.2, 0.25) is 0 Å². The number of nitrogens with zero attached hydrogens (tertiary/aromatic N) is 1. The third-order valence-corrected chi connectivity index (χ3v) is 5.98. The Morgan fingerprint density at radius 1 is 1.30 bits per heavy atom. The molecular weight excluding hydrogens is 572 g/mol. The minimum Gasteiger partial charge on any atom is -0.506 e. The van der Waals surface area contributed by atoms with Gasteiger partial charge in [-0.05, 0) is 59.6 Å². The molecule has 198 valence electrons. The first-order chi connectivity index (χ1) is 17.6. The van der Waals surface area contributed by atoms with Gasteiger partial charge in [0.15, 0.2) is 17.7 Å². The monoisotopic (exact) mass is 596 g/mol. The van der Waals surface area contributed by atoms with E-state index in [1.807, 2.05) is 0 Å². The van der Waals surface area contributed by atoms with E-state index < -0.39 is 24.3 Å². The fourth-order valence-electron chi connectivity index (χ4n) is 3.50. The van der Waals surface area contributed by atoms with Gasteiger partial charge in [-0.25, -0.2) is 9.59 Å². The summed E-state index contributed by atoms with van der Waals surface area (Å²) in [5.41, 5.74) is 4.05. The van der Waals surface area contributed by atoms with Crippen LogP contribution >= 0.6 is 27.5 Å². The number of nitrogens with one attached hydrogen (secondary N) is 3. The van der Waals surface area contributed by atoms with Crippen LogP contribution in [0.3, 0.4) is 0 Å². The Kier molecular flexibility index (Phi) is 9.61. The molecule has 0 aliphatic carbocycles. The number of carbonyl (C=O) groups is 2. The summed E-state index contributed by atoms with van der Waals surface area (Å²) in [6.45, 7) is 3.53. The highest BCUT2D eigenvalue weighted by atomic mass is 79.9. The van der Waals surface area contributed by atoms with E-state index in [1.165, 1.54) is 19.4 Å². The van der Waals surface area contributed by atoms with Crippen LogP contribution in [0, 0.1) is 0 Å². The molecule has 1 aliphatic rings. The summed E-state index contributed by atoms with van der Waals surface area (Å²) in [6.07, 6.45) is 0.104. The molecule has 3 rings (SSSR count). The van der Waals surface area contributed by atoms with Gasteiger partial charge in [-0.15, -0.1) is 0 Å². The molecule has 1 aliphatic heterocycles. The third-order valence-electron chi connectivity index (χ3n) is 5.16. The molecule has 0 saturated carbocycles. The van der Waals surface area contributed by atoms with Crippen LogP contribution in [0.25, 0.3) is 0 Å². The molecule has 0 saturated heterocycles. The second kappa shape index (κ2) is 12.7. The average Bonchev–Trinajstić information content (AvgIpc) is 2.85. The van der Waals surface area contributed by atoms with Gasteiger partial charge in [0, 0.05) is 16.3 Å². The molecule has 2 atom stereocenters. The second-order valence-electron chi connectivity index (χ2n) is 7.74. The lowest BCUT2D eigenvalue weighted by Gasteiger charge is -2.28. The summed E-state index contributed by atoms with van der Waals surface area (Å²) in [7, 11) is 1.26. The number of amides is 2. The van der Waals surface area contributed by atoms with Crippen LogP contribution in [0.1, 0.15) is 31.0 Å². The molecule has 0 fully saturated rings. The molecular formula is C24H26BrClN4O7. The maximum absolute atomic E-state index is 12.4. The van der Waals surface area contributed by atoms with E-state index in [9.17, 15) is 19.8 Å². The molecule has 11 nitrogen and oxygen atoms in total. The van der Waals surface area contributed by atoms with Gasteiger partial charge < -0.3 is 35.1 Å². The fourth-order valence-corrected chi connectivity index (χ4v) is 4.33. The number of aliphatic hydroxyl groups excluding tert-OH is 1. The number of hydrogen-bond donors (Lipinski definition) is 5. The molecule has 1 heterocycles. The smallest absolute Gasteiger partial charge is 0.337 e. The van der Waals surface area contributed by atoms with Crippen LogP contribution in [0.5, 0.6) is 17.2 Å². The predicted octanol–water partition coefficient (Wildman–Crippen LogP) is 3.33. The van der Waals surface area contributed by atoms with Crippen LogP contribution in [0.4, 0.5) is 4.79 Å². The molecule has 0 unspecified atom stereocenters. The van der Waals surface area contributed by atoms with Gasteiger partial charge in [0.25, 0.3) is 0 Å². The number of esters is 1. The standard InChI is InChI=1S/C24H26BrClN4O7/c1-4-36-18-8-13(21-20(23(33)35-3)12(2)28-24(34)29-21)5-6-17(18)37-11-19(31)30-27-10-14-7-15(26)9-16(25)22(14)32/h5-10,19,21,30-32H,4,11H2,1-3H3,(H2,28,29,34)/b27-10-/t19-,21+/m0/s1. The average molecular weight is 598 g/mol. The van der Waals surface area contributed by atoms with Gasteiger partial charge in [0.05, 0.1) is 36.0 Å². The Labute approximate surface area is 226 Å². The van der Waals surface area contributed by atoms with Crippen molar-refractivity contribution in [2.45, 2.75) is 26.1 Å². The SMILES string of the molecule is CCOc1cc([C@H]2NC(=O)NC(C)=C2C(=O)OC)ccc1OC[C@H](O)N/N=C\c1cc(Cl)cc(Br)c1O. The van der Waals surface area contributed by atoms with Gasteiger partial charge in [-0.1, -0.05) is 17.7 Å². The minimum atomic E-state index is -1.20. The van der Waals surface area contributed by atoms with E-state index in [0.29, 0.717) is 44.4 Å². The Balaban J connectivity index is 1.72. The number of phenols is 1.